The first-order valence-electron chi connectivity index (χ1n) is 10.0. The Balaban J connectivity index is 1.63. The van der Waals surface area contributed by atoms with Crippen molar-refractivity contribution in [3.05, 3.63) is 0 Å². The Hall–Kier alpha value is -1.14. The van der Waals surface area contributed by atoms with E-state index in [9.17, 15) is 9.59 Å². The van der Waals surface area contributed by atoms with Crippen LogP contribution in [0.15, 0.2) is 0 Å². The molecule has 3 fully saturated rings. The van der Waals surface area contributed by atoms with E-state index >= 15 is 0 Å². The maximum Gasteiger partial charge on any atom is 0.248 e. The normalized spacial score (nSPS) is 24.5. The fourth-order valence-electron chi connectivity index (χ4n) is 4.69. The monoisotopic (exact) mass is 351 g/mol. The molecular formula is C19H33N3O3. The van der Waals surface area contributed by atoms with E-state index in [0.717, 1.165) is 39.0 Å². The fraction of sp³-hybridized carbons (Fsp3) is 0.895. The van der Waals surface area contributed by atoms with Crippen LogP contribution in [0.2, 0.25) is 0 Å². The van der Waals surface area contributed by atoms with Crippen molar-refractivity contribution < 1.29 is 14.3 Å². The van der Waals surface area contributed by atoms with Crippen LogP contribution >= 0.6 is 0 Å². The summed E-state index contributed by atoms with van der Waals surface area (Å²) in [5.41, 5.74) is 0. The number of piperazine rings is 1. The molecule has 1 aliphatic carbocycles. The lowest BCUT2D eigenvalue weighted by molar-refractivity contribution is -0.143. The van der Waals surface area contributed by atoms with E-state index in [1.165, 1.54) is 32.1 Å². The minimum Gasteiger partial charge on any atom is -0.375 e. The molecule has 1 unspecified atom stereocenters. The first-order valence-corrected chi connectivity index (χ1v) is 10.0. The third-order valence-electron chi connectivity index (χ3n) is 6.10. The molecule has 3 aliphatic rings. The Morgan fingerprint density at radius 1 is 0.880 bits per heavy atom. The van der Waals surface area contributed by atoms with Gasteiger partial charge in [-0.15, -0.1) is 0 Å². The lowest BCUT2D eigenvalue weighted by atomic mass is 9.93. The van der Waals surface area contributed by atoms with Gasteiger partial charge in [-0.2, -0.15) is 0 Å². The van der Waals surface area contributed by atoms with Gasteiger partial charge in [-0.25, -0.2) is 0 Å². The first-order chi connectivity index (χ1) is 12.2. The molecule has 2 aliphatic heterocycles. The Labute approximate surface area is 151 Å². The number of amides is 2. The first kappa shape index (κ1) is 18.6. The van der Waals surface area contributed by atoms with Gasteiger partial charge in [0.15, 0.2) is 0 Å². The molecule has 0 radical (unpaired) electrons. The van der Waals surface area contributed by atoms with Crippen LogP contribution in [-0.2, 0) is 14.3 Å². The van der Waals surface area contributed by atoms with Crippen molar-refractivity contribution >= 4 is 11.8 Å². The Kier molecular flexibility index (Phi) is 6.70. The maximum atomic E-state index is 13.3. The highest BCUT2D eigenvalue weighted by atomic mass is 16.5. The highest BCUT2D eigenvalue weighted by Crippen LogP contribution is 2.32. The number of carbonyl (C=O) groups excluding carboxylic acids is 2. The van der Waals surface area contributed by atoms with E-state index in [-0.39, 0.29) is 18.6 Å². The molecule has 0 aromatic carbocycles. The molecule has 0 aromatic heterocycles. The topological polar surface area (TPSA) is 53.1 Å². The van der Waals surface area contributed by atoms with Crippen LogP contribution in [0.4, 0.5) is 0 Å². The van der Waals surface area contributed by atoms with E-state index in [1.807, 2.05) is 4.90 Å². The molecule has 25 heavy (non-hydrogen) atoms. The van der Waals surface area contributed by atoms with Gasteiger partial charge in [0.25, 0.3) is 0 Å². The van der Waals surface area contributed by atoms with Crippen LogP contribution in [0.3, 0.4) is 0 Å². The molecule has 1 atom stereocenters. The highest BCUT2D eigenvalue weighted by molar-refractivity contribution is 5.82. The summed E-state index contributed by atoms with van der Waals surface area (Å²) in [4.78, 5) is 31.6. The van der Waals surface area contributed by atoms with Crippen molar-refractivity contribution in [3.8, 4) is 0 Å². The van der Waals surface area contributed by atoms with Crippen LogP contribution in [-0.4, -0.2) is 85.5 Å². The summed E-state index contributed by atoms with van der Waals surface area (Å²) in [6, 6.07) is 0.0280. The molecule has 0 bridgehead atoms. The maximum absolute atomic E-state index is 13.3. The van der Waals surface area contributed by atoms with Gasteiger partial charge in [0, 0.05) is 46.4 Å². The molecule has 6 nitrogen and oxygen atoms in total. The number of carbonyl (C=O) groups is 2. The standard InChI is InChI=1S/C19H33N3O3/c1-25-15-17(23)20-11-13-21(14-12-20)18(16-7-3-4-8-16)19(24)22-9-5-2-6-10-22/h16,18H,2-15H2,1H3. The van der Waals surface area contributed by atoms with Crippen molar-refractivity contribution in [2.75, 3.05) is 53.0 Å². The van der Waals surface area contributed by atoms with E-state index in [4.69, 9.17) is 4.74 Å². The van der Waals surface area contributed by atoms with E-state index in [1.54, 1.807) is 7.11 Å². The zero-order valence-corrected chi connectivity index (χ0v) is 15.6. The van der Waals surface area contributed by atoms with Crippen molar-refractivity contribution in [3.63, 3.8) is 0 Å². The van der Waals surface area contributed by atoms with Crippen LogP contribution in [0, 0.1) is 5.92 Å². The van der Waals surface area contributed by atoms with Gasteiger partial charge in [0.2, 0.25) is 11.8 Å². The van der Waals surface area contributed by atoms with Gasteiger partial charge in [-0.05, 0) is 38.0 Å². The summed E-state index contributed by atoms with van der Waals surface area (Å²) in [6.45, 7) is 5.02. The summed E-state index contributed by atoms with van der Waals surface area (Å²) in [5, 5.41) is 0. The van der Waals surface area contributed by atoms with Crippen LogP contribution in [0.25, 0.3) is 0 Å². The lowest BCUT2D eigenvalue weighted by Crippen LogP contribution is -2.59. The van der Waals surface area contributed by atoms with Gasteiger partial charge in [-0.1, -0.05) is 12.8 Å². The molecule has 1 saturated carbocycles. The smallest absolute Gasteiger partial charge is 0.248 e. The van der Waals surface area contributed by atoms with E-state index in [0.29, 0.717) is 24.9 Å². The van der Waals surface area contributed by atoms with E-state index in [2.05, 4.69) is 9.80 Å². The van der Waals surface area contributed by atoms with Crippen LogP contribution < -0.4 is 0 Å². The molecule has 2 heterocycles. The Morgan fingerprint density at radius 3 is 2.12 bits per heavy atom. The number of nitrogens with zero attached hydrogens (tertiary/aromatic N) is 3. The average molecular weight is 351 g/mol. The Morgan fingerprint density at radius 2 is 1.52 bits per heavy atom. The number of likely N-dealkylation sites (tertiary alicyclic amines) is 1. The second kappa shape index (κ2) is 8.99. The van der Waals surface area contributed by atoms with Crippen LogP contribution in [0.1, 0.15) is 44.9 Å². The number of ether oxygens (including phenoxy) is 1. The second-order valence-electron chi connectivity index (χ2n) is 7.73. The SMILES string of the molecule is COCC(=O)N1CCN(C(C(=O)N2CCCCC2)C2CCCC2)CC1. The molecular weight excluding hydrogens is 318 g/mol. The Bertz CT molecular complexity index is 451. The zero-order valence-electron chi connectivity index (χ0n) is 15.6. The molecule has 2 saturated heterocycles. The van der Waals surface area contributed by atoms with E-state index < -0.39 is 0 Å². The van der Waals surface area contributed by atoms with Crippen molar-refractivity contribution in [1.82, 2.24) is 14.7 Å². The minimum atomic E-state index is 0.0280. The summed E-state index contributed by atoms with van der Waals surface area (Å²) < 4.78 is 4.96. The van der Waals surface area contributed by atoms with Crippen molar-refractivity contribution in [2.24, 2.45) is 5.92 Å². The molecule has 6 heteroatoms. The predicted molar refractivity (Wildman–Crippen MR) is 96.2 cm³/mol. The molecule has 0 aromatic rings. The zero-order chi connectivity index (χ0) is 17.6. The number of hydrogen-bond donors (Lipinski definition) is 0. The van der Waals surface area contributed by atoms with Crippen LogP contribution in [0.5, 0.6) is 0 Å². The number of methoxy groups -OCH3 is 1. The van der Waals surface area contributed by atoms with Gasteiger partial charge in [0.1, 0.15) is 6.61 Å². The molecule has 0 N–H and O–H groups in total. The number of piperidine rings is 1. The third kappa shape index (κ3) is 4.53. The second-order valence-corrected chi connectivity index (χ2v) is 7.73. The van der Waals surface area contributed by atoms with Gasteiger partial charge in [0.05, 0.1) is 6.04 Å². The third-order valence-corrected chi connectivity index (χ3v) is 6.10. The fourth-order valence-corrected chi connectivity index (χ4v) is 4.69. The number of rotatable bonds is 5. The molecule has 3 rings (SSSR count). The average Bonchev–Trinajstić information content (AvgIpc) is 3.17. The van der Waals surface area contributed by atoms with Gasteiger partial charge >= 0.3 is 0 Å². The number of hydrogen-bond acceptors (Lipinski definition) is 4. The molecule has 0 spiro atoms. The summed E-state index contributed by atoms with van der Waals surface area (Å²) in [5.74, 6) is 0.904. The summed E-state index contributed by atoms with van der Waals surface area (Å²) >= 11 is 0. The highest BCUT2D eigenvalue weighted by Gasteiger charge is 2.39. The predicted octanol–water partition coefficient (Wildman–Crippen LogP) is 1.35. The van der Waals surface area contributed by atoms with Gasteiger partial charge in [-0.3, -0.25) is 14.5 Å². The van der Waals surface area contributed by atoms with Crippen molar-refractivity contribution in [2.45, 2.75) is 51.0 Å². The largest absolute Gasteiger partial charge is 0.375 e. The lowest BCUT2D eigenvalue weighted by Gasteiger charge is -2.43. The molecule has 142 valence electrons. The minimum absolute atomic E-state index is 0.0280. The van der Waals surface area contributed by atoms with Gasteiger partial charge < -0.3 is 14.5 Å². The molecule has 2 amide bonds. The quantitative estimate of drug-likeness (QED) is 0.750. The summed E-state index contributed by atoms with van der Waals surface area (Å²) in [6.07, 6.45) is 8.38. The summed E-state index contributed by atoms with van der Waals surface area (Å²) in [7, 11) is 1.56. The van der Waals surface area contributed by atoms with Crippen molar-refractivity contribution in [1.29, 1.82) is 0 Å².